The molecule has 0 rings (SSSR count). The van der Waals surface area contributed by atoms with Crippen LogP contribution in [-0.2, 0) is 33.7 Å². The van der Waals surface area contributed by atoms with Crippen LogP contribution in [0.5, 0.6) is 0 Å². The van der Waals surface area contributed by atoms with Crippen molar-refractivity contribution >= 4 is 5.78 Å². The molecule has 0 radical (unpaired) electrons. The number of ether oxygens (including phenoxy) is 2. The molecule has 0 amide bonds. The molecule has 0 unspecified atom stereocenters. The molecule has 138 valence electrons. The molecular formula is C17H35N2O4Zn+. The van der Waals surface area contributed by atoms with Gasteiger partial charge in [-0.1, -0.05) is 20.3 Å². The zero-order chi connectivity index (χ0) is 17.9. The van der Waals surface area contributed by atoms with Gasteiger partial charge in [-0.25, -0.2) is 0 Å². The minimum absolute atomic E-state index is 0. The molecule has 0 bridgehead atoms. The zero-order valence-corrected chi connectivity index (χ0v) is 19.2. The van der Waals surface area contributed by atoms with Crippen molar-refractivity contribution in [2.24, 2.45) is 0 Å². The Hall–Kier alpha value is -0.327. The van der Waals surface area contributed by atoms with Gasteiger partial charge in [0.15, 0.2) is 5.78 Å². The monoisotopic (exact) mass is 395 g/mol. The van der Waals surface area contributed by atoms with Crippen molar-refractivity contribution in [1.82, 2.24) is 4.90 Å². The SMILES string of the molecule is CC(=O)C=C(C)[N-]CCN(C)C.CCCCOCCOCCO.[Zn+2]. The molecular weight excluding hydrogens is 362 g/mol. The summed E-state index contributed by atoms with van der Waals surface area (Å²) in [6.07, 6.45) is 3.83. The smallest absolute Gasteiger partial charge is 0.687 e. The zero-order valence-electron chi connectivity index (χ0n) is 16.2. The van der Waals surface area contributed by atoms with E-state index in [4.69, 9.17) is 14.6 Å². The summed E-state index contributed by atoms with van der Waals surface area (Å²) in [4.78, 5) is 12.7. The summed E-state index contributed by atoms with van der Waals surface area (Å²) in [7, 11) is 4.00. The molecule has 0 aromatic carbocycles. The van der Waals surface area contributed by atoms with E-state index >= 15 is 0 Å². The van der Waals surface area contributed by atoms with Crippen molar-refractivity contribution < 1.29 is 38.9 Å². The average Bonchev–Trinajstić information content (AvgIpc) is 2.46. The van der Waals surface area contributed by atoms with Crippen LogP contribution in [0.15, 0.2) is 11.8 Å². The summed E-state index contributed by atoms with van der Waals surface area (Å²) in [6, 6.07) is 0. The fourth-order valence-electron chi connectivity index (χ4n) is 1.40. The number of hydrogen-bond donors (Lipinski definition) is 1. The largest absolute Gasteiger partial charge is 2.00 e. The molecule has 0 aliphatic heterocycles. The second kappa shape index (κ2) is 22.7. The van der Waals surface area contributed by atoms with Gasteiger partial charge in [0.25, 0.3) is 0 Å². The van der Waals surface area contributed by atoms with E-state index in [2.05, 4.69) is 17.1 Å². The van der Waals surface area contributed by atoms with Gasteiger partial charge >= 0.3 is 19.5 Å². The Balaban J connectivity index is -0.000000354. The summed E-state index contributed by atoms with van der Waals surface area (Å²) in [5.41, 5.74) is 0.810. The predicted octanol–water partition coefficient (Wildman–Crippen LogP) is 2.22. The van der Waals surface area contributed by atoms with E-state index in [1.165, 1.54) is 6.92 Å². The van der Waals surface area contributed by atoms with Crippen LogP contribution in [0, 0.1) is 0 Å². The fraction of sp³-hybridized carbons (Fsp3) is 0.824. The van der Waals surface area contributed by atoms with Crippen molar-refractivity contribution in [3.8, 4) is 0 Å². The topological polar surface area (TPSA) is 73.1 Å². The maximum atomic E-state index is 10.6. The summed E-state index contributed by atoms with van der Waals surface area (Å²) in [6.45, 7) is 9.73. The first-order valence-electron chi connectivity index (χ1n) is 8.21. The van der Waals surface area contributed by atoms with Crippen molar-refractivity contribution in [1.29, 1.82) is 0 Å². The van der Waals surface area contributed by atoms with E-state index in [9.17, 15) is 4.79 Å². The molecule has 0 aliphatic rings. The number of carbonyl (C=O) groups is 1. The normalized spacial score (nSPS) is 10.7. The van der Waals surface area contributed by atoms with Gasteiger partial charge in [-0.05, 0) is 40.1 Å². The number of aliphatic hydroxyl groups excluding tert-OH is 1. The number of rotatable bonds is 13. The van der Waals surface area contributed by atoms with E-state index in [0.29, 0.717) is 19.8 Å². The van der Waals surface area contributed by atoms with Crippen LogP contribution in [-0.4, -0.2) is 76.0 Å². The summed E-state index contributed by atoms with van der Waals surface area (Å²) in [5.74, 6) is 0.0566. The Morgan fingerprint density at radius 1 is 1.12 bits per heavy atom. The van der Waals surface area contributed by atoms with Crippen LogP contribution < -0.4 is 0 Å². The third-order valence-corrected chi connectivity index (χ3v) is 2.57. The Morgan fingerprint density at radius 3 is 2.17 bits per heavy atom. The Morgan fingerprint density at radius 2 is 1.71 bits per heavy atom. The number of hydrogen-bond acceptors (Lipinski definition) is 5. The van der Waals surface area contributed by atoms with Gasteiger partial charge in [-0.2, -0.15) is 5.70 Å². The van der Waals surface area contributed by atoms with Gasteiger partial charge in [-0.3, -0.25) is 4.79 Å². The minimum Gasteiger partial charge on any atom is -0.687 e. The van der Waals surface area contributed by atoms with Crippen molar-refractivity contribution in [2.75, 3.05) is 60.2 Å². The van der Waals surface area contributed by atoms with Crippen LogP contribution in [0.25, 0.3) is 5.32 Å². The first kappa shape index (κ1) is 28.5. The maximum absolute atomic E-state index is 10.6. The number of aliphatic hydroxyl groups is 1. The molecule has 0 heterocycles. The van der Waals surface area contributed by atoms with E-state index < -0.39 is 0 Å². The first-order chi connectivity index (χ1) is 10.9. The second-order valence-electron chi connectivity index (χ2n) is 5.38. The third kappa shape index (κ3) is 29.7. The molecule has 0 atom stereocenters. The fourth-order valence-corrected chi connectivity index (χ4v) is 1.40. The van der Waals surface area contributed by atoms with Gasteiger partial charge in [0, 0.05) is 6.61 Å². The van der Waals surface area contributed by atoms with Crippen LogP contribution in [0.1, 0.15) is 33.6 Å². The quantitative estimate of drug-likeness (QED) is 0.293. The molecule has 7 heteroatoms. The van der Waals surface area contributed by atoms with E-state index in [0.717, 1.165) is 38.2 Å². The maximum Gasteiger partial charge on any atom is 2.00 e. The Kier molecular flexibility index (Phi) is 26.9. The van der Waals surface area contributed by atoms with Crippen LogP contribution >= 0.6 is 0 Å². The summed E-state index contributed by atoms with van der Waals surface area (Å²) < 4.78 is 10.2. The number of carbonyl (C=O) groups excluding carboxylic acids is 1. The molecule has 24 heavy (non-hydrogen) atoms. The molecule has 0 aromatic rings. The van der Waals surface area contributed by atoms with E-state index in [-0.39, 0.29) is 31.9 Å². The molecule has 1 N–H and O–H groups in total. The standard InChI is InChI=1S/C9H18N2O.C8H18O3.Zn/c1-8(7-9(2)12)10-5-6-11(3)4;1-2-3-5-10-7-8-11-6-4-9;/h7H,5-6H2,1-4H3,(H,10,12);9H,2-8H2,1H3;/q;;+2/p-1. The Labute approximate surface area is 160 Å². The van der Waals surface area contributed by atoms with E-state index in [1.54, 1.807) is 6.08 Å². The first-order valence-corrected chi connectivity index (χ1v) is 8.21. The van der Waals surface area contributed by atoms with Gasteiger partial charge in [0.2, 0.25) is 0 Å². The van der Waals surface area contributed by atoms with Crippen LogP contribution in [0.4, 0.5) is 0 Å². The van der Waals surface area contributed by atoms with Crippen molar-refractivity contribution in [2.45, 2.75) is 33.6 Å². The summed E-state index contributed by atoms with van der Waals surface area (Å²) >= 11 is 0. The van der Waals surface area contributed by atoms with E-state index in [1.807, 2.05) is 21.0 Å². The molecule has 0 spiro atoms. The number of nitrogens with zero attached hydrogens (tertiary/aromatic N) is 2. The molecule has 0 saturated carbocycles. The Bertz CT molecular complexity index is 292. The minimum atomic E-state index is 0. The second-order valence-corrected chi connectivity index (χ2v) is 5.38. The average molecular weight is 397 g/mol. The van der Waals surface area contributed by atoms with Crippen LogP contribution in [0.2, 0.25) is 0 Å². The molecule has 0 fully saturated rings. The van der Waals surface area contributed by atoms with Crippen molar-refractivity contribution in [3.05, 3.63) is 17.1 Å². The van der Waals surface area contributed by atoms with Gasteiger partial charge in [0.05, 0.1) is 26.4 Å². The molecule has 0 aromatic heterocycles. The van der Waals surface area contributed by atoms with Crippen molar-refractivity contribution in [3.63, 3.8) is 0 Å². The number of likely N-dealkylation sites (N-methyl/N-ethyl adjacent to an activating group) is 1. The molecule has 6 nitrogen and oxygen atoms in total. The molecule has 0 saturated heterocycles. The number of allylic oxidation sites excluding steroid dienone is 2. The number of unbranched alkanes of at least 4 members (excludes halogenated alkanes) is 1. The van der Waals surface area contributed by atoms with Gasteiger partial charge < -0.3 is 24.8 Å². The number of ketones is 1. The summed E-state index contributed by atoms with van der Waals surface area (Å²) in [5, 5.41) is 12.5. The van der Waals surface area contributed by atoms with Crippen LogP contribution in [0.3, 0.4) is 0 Å². The molecule has 0 aliphatic carbocycles. The third-order valence-electron chi connectivity index (χ3n) is 2.57. The predicted molar refractivity (Wildman–Crippen MR) is 94.8 cm³/mol. The van der Waals surface area contributed by atoms with Gasteiger partial charge in [-0.15, -0.1) is 6.54 Å². The van der Waals surface area contributed by atoms with Gasteiger partial charge in [0.1, 0.15) is 0 Å².